The number of benzene rings is 2. The number of carbonyl (C=O) groups excluding carboxylic acids is 1. The average Bonchev–Trinajstić information content (AvgIpc) is 2.92. The molecule has 2 aliphatic rings. The van der Waals surface area contributed by atoms with Crippen molar-refractivity contribution in [3.05, 3.63) is 87.5 Å². The van der Waals surface area contributed by atoms with Crippen LogP contribution in [0.3, 0.4) is 0 Å². The summed E-state index contributed by atoms with van der Waals surface area (Å²) in [5, 5.41) is 3.45. The minimum Gasteiger partial charge on any atom is -0.481 e. The Kier molecular flexibility index (Phi) is 10.1. The molecular weight excluding hydrogens is 482 g/mol. The molecule has 4 rings (SSSR count). The first-order chi connectivity index (χ1) is 18.9. The van der Waals surface area contributed by atoms with Gasteiger partial charge in [0.2, 0.25) is 0 Å². The number of allylic oxidation sites excluding steroid dienone is 2. The number of anilines is 1. The van der Waals surface area contributed by atoms with E-state index in [4.69, 9.17) is 9.47 Å². The Morgan fingerprint density at radius 2 is 1.62 bits per heavy atom. The number of rotatable bonds is 13. The number of esters is 1. The molecular formula is C35H45NO3. The molecule has 0 bridgehead atoms. The normalized spacial score (nSPS) is 16.1. The van der Waals surface area contributed by atoms with E-state index in [0.29, 0.717) is 12.2 Å². The second-order valence-electron chi connectivity index (χ2n) is 10.9. The molecule has 1 aliphatic carbocycles. The summed E-state index contributed by atoms with van der Waals surface area (Å²) >= 11 is 0. The molecule has 2 aromatic rings. The highest BCUT2D eigenvalue weighted by molar-refractivity contribution is 6.01. The second kappa shape index (κ2) is 13.7. The van der Waals surface area contributed by atoms with E-state index in [9.17, 15) is 4.79 Å². The predicted molar refractivity (Wildman–Crippen MR) is 163 cm³/mol. The third-order valence-corrected chi connectivity index (χ3v) is 7.86. The SMILES string of the molecule is CCCCCCCCCCOC(=O)c1ccccc1C1=C2C=C(C)C(C)=CC2Oc2cc(NCC)c(C)cc21. The van der Waals surface area contributed by atoms with Gasteiger partial charge >= 0.3 is 5.97 Å². The maximum Gasteiger partial charge on any atom is 0.338 e. The summed E-state index contributed by atoms with van der Waals surface area (Å²) in [4.78, 5) is 13.4. The summed E-state index contributed by atoms with van der Waals surface area (Å²) in [7, 11) is 0. The summed E-state index contributed by atoms with van der Waals surface area (Å²) in [6, 6.07) is 12.1. The molecule has 1 atom stereocenters. The Balaban J connectivity index is 1.60. The first-order valence-corrected chi connectivity index (χ1v) is 14.9. The number of hydrogen-bond acceptors (Lipinski definition) is 4. The quantitative estimate of drug-likeness (QED) is 0.208. The molecule has 0 amide bonds. The number of carbonyl (C=O) groups is 1. The molecule has 39 heavy (non-hydrogen) atoms. The highest BCUT2D eigenvalue weighted by atomic mass is 16.5. The minimum atomic E-state index is -0.254. The molecule has 4 heteroatoms. The minimum absolute atomic E-state index is 0.199. The van der Waals surface area contributed by atoms with Crippen molar-refractivity contribution in [2.45, 2.75) is 92.1 Å². The van der Waals surface area contributed by atoms with Crippen LogP contribution in [0.25, 0.3) is 5.57 Å². The molecule has 0 fully saturated rings. The van der Waals surface area contributed by atoms with Crippen LogP contribution in [0.2, 0.25) is 0 Å². The number of unbranched alkanes of at least 4 members (excludes halogenated alkanes) is 7. The Morgan fingerprint density at radius 1 is 0.897 bits per heavy atom. The van der Waals surface area contributed by atoms with Gasteiger partial charge in [-0.05, 0) is 74.6 Å². The van der Waals surface area contributed by atoms with Gasteiger partial charge in [0.25, 0.3) is 0 Å². The lowest BCUT2D eigenvalue weighted by molar-refractivity contribution is 0.0497. The molecule has 1 heterocycles. The van der Waals surface area contributed by atoms with Crippen LogP contribution in [-0.2, 0) is 4.74 Å². The fraction of sp³-hybridized carbons (Fsp3) is 0.457. The molecule has 1 N–H and O–H groups in total. The van der Waals surface area contributed by atoms with E-state index in [2.05, 4.69) is 64.2 Å². The first-order valence-electron chi connectivity index (χ1n) is 14.9. The number of fused-ring (bicyclic) bond motifs is 2. The smallest absolute Gasteiger partial charge is 0.338 e. The predicted octanol–water partition coefficient (Wildman–Crippen LogP) is 9.19. The van der Waals surface area contributed by atoms with Crippen LogP contribution < -0.4 is 10.1 Å². The lowest BCUT2D eigenvalue weighted by atomic mass is 9.81. The molecule has 0 radical (unpaired) electrons. The maximum absolute atomic E-state index is 13.4. The molecule has 1 aliphatic heterocycles. The lowest BCUT2D eigenvalue weighted by Gasteiger charge is -2.33. The van der Waals surface area contributed by atoms with Gasteiger partial charge in [-0.25, -0.2) is 4.79 Å². The zero-order valence-electron chi connectivity index (χ0n) is 24.5. The van der Waals surface area contributed by atoms with Gasteiger partial charge in [-0.3, -0.25) is 0 Å². The summed E-state index contributed by atoms with van der Waals surface area (Å²) < 4.78 is 12.4. The Morgan fingerprint density at radius 3 is 2.36 bits per heavy atom. The van der Waals surface area contributed by atoms with Crippen LogP contribution in [0.1, 0.15) is 106 Å². The zero-order valence-corrected chi connectivity index (χ0v) is 24.5. The largest absolute Gasteiger partial charge is 0.481 e. The van der Waals surface area contributed by atoms with Gasteiger partial charge < -0.3 is 14.8 Å². The lowest BCUT2D eigenvalue weighted by Crippen LogP contribution is -2.26. The fourth-order valence-corrected chi connectivity index (χ4v) is 5.50. The number of ether oxygens (including phenoxy) is 2. The topological polar surface area (TPSA) is 47.6 Å². The van der Waals surface area contributed by atoms with Crippen molar-refractivity contribution >= 4 is 17.2 Å². The number of aryl methyl sites for hydroxylation is 1. The number of nitrogens with one attached hydrogen (secondary N) is 1. The Hall–Kier alpha value is -3.27. The van der Waals surface area contributed by atoms with Gasteiger partial charge in [0, 0.05) is 35.0 Å². The molecule has 1 unspecified atom stereocenters. The van der Waals surface area contributed by atoms with E-state index in [-0.39, 0.29) is 12.1 Å². The first kappa shape index (κ1) is 28.7. The van der Waals surface area contributed by atoms with Crippen LogP contribution in [-0.4, -0.2) is 25.2 Å². The van der Waals surface area contributed by atoms with Crippen molar-refractivity contribution < 1.29 is 14.3 Å². The highest BCUT2D eigenvalue weighted by Gasteiger charge is 2.32. The molecule has 0 saturated heterocycles. The van der Waals surface area contributed by atoms with Crippen LogP contribution >= 0.6 is 0 Å². The van der Waals surface area contributed by atoms with E-state index in [1.807, 2.05) is 24.3 Å². The van der Waals surface area contributed by atoms with Gasteiger partial charge in [-0.15, -0.1) is 0 Å². The molecule has 2 aromatic carbocycles. The number of hydrogen-bond donors (Lipinski definition) is 1. The van der Waals surface area contributed by atoms with Crippen molar-refractivity contribution in [2.75, 3.05) is 18.5 Å². The Labute approximate surface area is 235 Å². The van der Waals surface area contributed by atoms with Gasteiger partial charge in [0.15, 0.2) is 0 Å². The van der Waals surface area contributed by atoms with Gasteiger partial charge in [-0.2, -0.15) is 0 Å². The van der Waals surface area contributed by atoms with Crippen molar-refractivity contribution in [3.8, 4) is 5.75 Å². The van der Waals surface area contributed by atoms with Crippen molar-refractivity contribution in [1.29, 1.82) is 0 Å². The van der Waals surface area contributed by atoms with E-state index in [0.717, 1.165) is 58.7 Å². The van der Waals surface area contributed by atoms with E-state index < -0.39 is 0 Å². The van der Waals surface area contributed by atoms with Crippen molar-refractivity contribution in [3.63, 3.8) is 0 Å². The van der Waals surface area contributed by atoms with E-state index >= 15 is 0 Å². The zero-order chi connectivity index (χ0) is 27.8. The maximum atomic E-state index is 13.4. The van der Waals surface area contributed by atoms with Gasteiger partial charge in [-0.1, -0.05) is 76.1 Å². The van der Waals surface area contributed by atoms with Crippen LogP contribution in [0, 0.1) is 6.92 Å². The average molecular weight is 528 g/mol. The summed E-state index contributed by atoms with van der Waals surface area (Å²) in [5.74, 6) is 0.579. The van der Waals surface area contributed by atoms with Crippen molar-refractivity contribution in [2.24, 2.45) is 0 Å². The second-order valence-corrected chi connectivity index (χ2v) is 10.9. The molecule has 0 aromatic heterocycles. The third-order valence-electron chi connectivity index (χ3n) is 7.86. The van der Waals surface area contributed by atoms with Gasteiger partial charge in [0.1, 0.15) is 11.9 Å². The standard InChI is InChI=1S/C35H45NO3/c1-6-8-9-10-11-12-13-16-19-38-35(37)28-18-15-14-17-27(28)34-29-20-24(3)25(4)22-32(29)39-33-23-31(36-7-2)26(5)21-30(33)34/h14-15,17-18,20-23,32,36H,6-13,16,19H2,1-5H3. The monoisotopic (exact) mass is 527 g/mol. The van der Waals surface area contributed by atoms with Crippen LogP contribution in [0.5, 0.6) is 5.75 Å². The molecule has 0 saturated carbocycles. The summed E-state index contributed by atoms with van der Waals surface area (Å²) in [5.41, 5.74) is 9.30. The van der Waals surface area contributed by atoms with Crippen molar-refractivity contribution in [1.82, 2.24) is 0 Å². The van der Waals surface area contributed by atoms with Crippen LogP contribution in [0.4, 0.5) is 5.69 Å². The Bertz CT molecular complexity index is 1270. The molecule has 208 valence electrons. The van der Waals surface area contributed by atoms with Gasteiger partial charge in [0.05, 0.1) is 12.2 Å². The molecule has 4 nitrogen and oxygen atoms in total. The molecule has 0 spiro atoms. The fourth-order valence-electron chi connectivity index (χ4n) is 5.50. The summed E-state index contributed by atoms with van der Waals surface area (Å²) in [6.07, 6.45) is 13.9. The summed E-state index contributed by atoms with van der Waals surface area (Å²) in [6.45, 7) is 12.0. The third kappa shape index (κ3) is 6.84. The van der Waals surface area contributed by atoms with E-state index in [1.54, 1.807) is 0 Å². The van der Waals surface area contributed by atoms with Crippen LogP contribution in [0.15, 0.2) is 65.3 Å². The highest BCUT2D eigenvalue weighted by Crippen LogP contribution is 2.45. The van der Waals surface area contributed by atoms with E-state index in [1.165, 1.54) is 49.7 Å².